The van der Waals surface area contributed by atoms with E-state index in [1.165, 1.54) is 54.8 Å². The number of hydrogen-bond acceptors (Lipinski definition) is 3. The minimum absolute atomic E-state index is 0.631. The van der Waals surface area contributed by atoms with Crippen LogP contribution in [-0.2, 0) is 0 Å². The summed E-state index contributed by atoms with van der Waals surface area (Å²) in [6.45, 7) is 0. The molecule has 0 unspecified atom stereocenters. The highest BCUT2D eigenvalue weighted by molar-refractivity contribution is 6.12. The lowest BCUT2D eigenvalue weighted by Gasteiger charge is -2.12. The second-order valence-electron chi connectivity index (χ2n) is 17.2. The molecule has 0 aliphatic heterocycles. The van der Waals surface area contributed by atoms with Gasteiger partial charge in [0.25, 0.3) is 0 Å². The summed E-state index contributed by atoms with van der Waals surface area (Å²) in [5.41, 5.74) is 16.8. The fraction of sp³-hybridized carbons (Fsp3) is 0. The molecule has 0 N–H and O–H groups in total. The summed E-state index contributed by atoms with van der Waals surface area (Å²) in [7, 11) is 0. The molecule has 5 nitrogen and oxygen atoms in total. The molecule has 0 fully saturated rings. The number of nitrogens with zero attached hydrogens (tertiary/aromatic N) is 5. The van der Waals surface area contributed by atoms with Crippen LogP contribution in [0.4, 0.5) is 0 Å². The van der Waals surface area contributed by atoms with Gasteiger partial charge in [-0.05, 0) is 94.0 Å². The Balaban J connectivity index is 0.885. The van der Waals surface area contributed by atoms with Gasteiger partial charge in [-0.1, -0.05) is 188 Å². The van der Waals surface area contributed by atoms with Crippen LogP contribution in [0.1, 0.15) is 0 Å². The summed E-state index contributed by atoms with van der Waals surface area (Å²) in [5, 5.41) is 4.88. The molecule has 0 amide bonds. The summed E-state index contributed by atoms with van der Waals surface area (Å²) in [6.07, 6.45) is 0. The fourth-order valence-corrected chi connectivity index (χ4v) is 9.84. The van der Waals surface area contributed by atoms with Gasteiger partial charge in [0.1, 0.15) is 0 Å². The van der Waals surface area contributed by atoms with E-state index >= 15 is 0 Å². The van der Waals surface area contributed by atoms with E-state index in [9.17, 15) is 0 Å². The summed E-state index contributed by atoms with van der Waals surface area (Å²) in [5.74, 6) is 1.92. The SMILES string of the molecule is c1ccc(-c2ccc(-c3ccc(-n4c5ccccc5c5ccc(-c6ccc7c8ccccc8n(-c8ccc(-c9nc(-c%10ccccc%10)nc(-c%10ccccc%10)n9)cc8)c7c6)cc54)cc3)cc2)cc1. The molecule has 0 spiro atoms. The molecule has 0 bridgehead atoms. The van der Waals surface area contributed by atoms with Gasteiger partial charge in [0.15, 0.2) is 17.5 Å². The van der Waals surface area contributed by atoms with Crippen molar-refractivity contribution in [1.82, 2.24) is 24.1 Å². The van der Waals surface area contributed by atoms with Crippen LogP contribution in [0.25, 0.3) is 123 Å². The third kappa shape index (κ3) is 6.84. The van der Waals surface area contributed by atoms with Gasteiger partial charge >= 0.3 is 0 Å². The van der Waals surface area contributed by atoms with Gasteiger partial charge < -0.3 is 9.13 Å². The molecular weight excluding hydrogens is 827 g/mol. The number of aromatic nitrogens is 5. The Kier molecular flexibility index (Phi) is 9.43. The van der Waals surface area contributed by atoms with Crippen LogP contribution in [0.5, 0.6) is 0 Å². The zero-order valence-electron chi connectivity index (χ0n) is 36.9. The second kappa shape index (κ2) is 16.4. The normalized spacial score (nSPS) is 11.5. The molecule has 3 heterocycles. The lowest BCUT2D eigenvalue weighted by atomic mass is 10.00. The Morgan fingerprint density at radius 1 is 0.206 bits per heavy atom. The number of fused-ring (bicyclic) bond motifs is 6. The Hall–Kier alpha value is -9.19. The summed E-state index contributed by atoms with van der Waals surface area (Å²) in [6, 6.07) is 88.4. The van der Waals surface area contributed by atoms with E-state index in [-0.39, 0.29) is 0 Å². The van der Waals surface area contributed by atoms with Gasteiger partial charge in [0.2, 0.25) is 0 Å². The topological polar surface area (TPSA) is 48.5 Å². The third-order valence-corrected chi connectivity index (χ3v) is 13.2. The maximum Gasteiger partial charge on any atom is 0.164 e. The van der Waals surface area contributed by atoms with Gasteiger partial charge in [-0.3, -0.25) is 0 Å². The van der Waals surface area contributed by atoms with Crippen molar-refractivity contribution in [2.75, 3.05) is 0 Å². The zero-order valence-corrected chi connectivity index (χ0v) is 36.9. The lowest BCUT2D eigenvalue weighted by Crippen LogP contribution is -2.00. The minimum atomic E-state index is 0.631. The quantitative estimate of drug-likeness (QED) is 0.153. The maximum atomic E-state index is 4.99. The van der Waals surface area contributed by atoms with Crippen LogP contribution >= 0.6 is 0 Å². The predicted molar refractivity (Wildman–Crippen MR) is 281 cm³/mol. The first kappa shape index (κ1) is 39.2. The minimum Gasteiger partial charge on any atom is -0.309 e. The second-order valence-corrected chi connectivity index (χ2v) is 17.2. The van der Waals surface area contributed by atoms with Crippen molar-refractivity contribution < 1.29 is 0 Å². The average molecular weight is 868 g/mol. The molecule has 0 aliphatic rings. The molecule has 68 heavy (non-hydrogen) atoms. The summed E-state index contributed by atoms with van der Waals surface area (Å²) in [4.78, 5) is 14.9. The van der Waals surface area contributed by atoms with E-state index < -0.39 is 0 Å². The van der Waals surface area contributed by atoms with E-state index in [0.717, 1.165) is 50.2 Å². The first-order valence-corrected chi connectivity index (χ1v) is 23.0. The Bertz CT molecular complexity index is 3910. The first-order valence-electron chi connectivity index (χ1n) is 23.0. The zero-order chi connectivity index (χ0) is 45.0. The molecule has 0 saturated heterocycles. The molecule has 13 rings (SSSR count). The Morgan fingerprint density at radius 3 is 0.897 bits per heavy atom. The fourth-order valence-electron chi connectivity index (χ4n) is 9.84. The van der Waals surface area contributed by atoms with Gasteiger partial charge in [-0.25, -0.2) is 15.0 Å². The predicted octanol–water partition coefficient (Wildman–Crippen LogP) is 16.1. The van der Waals surface area contributed by atoms with E-state index in [0.29, 0.717) is 17.5 Å². The van der Waals surface area contributed by atoms with Crippen molar-refractivity contribution >= 4 is 43.6 Å². The van der Waals surface area contributed by atoms with Crippen LogP contribution in [0.15, 0.2) is 249 Å². The van der Waals surface area contributed by atoms with Crippen molar-refractivity contribution in [3.8, 4) is 78.9 Å². The van der Waals surface area contributed by atoms with Gasteiger partial charge in [0.05, 0.1) is 22.1 Å². The van der Waals surface area contributed by atoms with Crippen molar-refractivity contribution in [2.24, 2.45) is 0 Å². The lowest BCUT2D eigenvalue weighted by molar-refractivity contribution is 1.07. The molecule has 5 heteroatoms. The largest absolute Gasteiger partial charge is 0.309 e. The molecule has 318 valence electrons. The van der Waals surface area contributed by atoms with Crippen molar-refractivity contribution in [1.29, 1.82) is 0 Å². The summed E-state index contributed by atoms with van der Waals surface area (Å²) >= 11 is 0. The smallest absolute Gasteiger partial charge is 0.164 e. The number of hydrogen-bond donors (Lipinski definition) is 0. The molecule has 0 saturated carbocycles. The van der Waals surface area contributed by atoms with Crippen molar-refractivity contribution in [2.45, 2.75) is 0 Å². The van der Waals surface area contributed by atoms with Gasteiger partial charge in [0, 0.05) is 49.6 Å². The molecule has 0 aliphatic carbocycles. The van der Waals surface area contributed by atoms with Crippen LogP contribution in [-0.4, -0.2) is 24.1 Å². The number of para-hydroxylation sites is 2. The average Bonchev–Trinajstić information content (AvgIpc) is 3.94. The van der Waals surface area contributed by atoms with E-state index in [2.05, 4.69) is 197 Å². The summed E-state index contributed by atoms with van der Waals surface area (Å²) < 4.78 is 4.79. The Labute approximate surface area is 393 Å². The molecule has 0 radical (unpaired) electrons. The van der Waals surface area contributed by atoms with E-state index in [1.807, 2.05) is 60.7 Å². The molecule has 0 atom stereocenters. The number of benzene rings is 10. The highest BCUT2D eigenvalue weighted by Gasteiger charge is 2.18. The van der Waals surface area contributed by atoms with Crippen molar-refractivity contribution in [3.05, 3.63) is 249 Å². The number of rotatable bonds is 8. The van der Waals surface area contributed by atoms with Gasteiger partial charge in [-0.15, -0.1) is 0 Å². The van der Waals surface area contributed by atoms with Crippen molar-refractivity contribution in [3.63, 3.8) is 0 Å². The van der Waals surface area contributed by atoms with Crippen LogP contribution in [0, 0.1) is 0 Å². The van der Waals surface area contributed by atoms with E-state index in [4.69, 9.17) is 15.0 Å². The third-order valence-electron chi connectivity index (χ3n) is 13.2. The monoisotopic (exact) mass is 867 g/mol. The first-order chi connectivity index (χ1) is 33.7. The molecular formula is C63H41N5. The highest BCUT2D eigenvalue weighted by Crippen LogP contribution is 2.39. The van der Waals surface area contributed by atoms with Gasteiger partial charge in [-0.2, -0.15) is 0 Å². The van der Waals surface area contributed by atoms with Crippen LogP contribution in [0.2, 0.25) is 0 Å². The van der Waals surface area contributed by atoms with Crippen LogP contribution in [0.3, 0.4) is 0 Å². The van der Waals surface area contributed by atoms with Crippen LogP contribution < -0.4 is 0 Å². The molecule has 10 aromatic carbocycles. The standard InChI is InChI=1S/C63H41N5/c1-4-14-42(15-5-1)43-24-26-44(27-25-43)45-28-34-51(35-29-45)67-57-22-12-10-20-53(57)55-38-32-49(40-59(55)67)50-33-39-56-54-21-11-13-23-58(54)68(60(56)41-50)52-36-30-48(31-37-52)63-65-61(46-16-6-2-7-17-46)64-62(66-63)47-18-8-3-9-19-47/h1-41H. The maximum absolute atomic E-state index is 4.99. The molecule has 3 aromatic heterocycles. The Morgan fingerprint density at radius 2 is 0.485 bits per heavy atom. The van der Waals surface area contributed by atoms with E-state index in [1.54, 1.807) is 0 Å². The molecule has 13 aromatic rings. The highest BCUT2D eigenvalue weighted by atomic mass is 15.0.